The largest absolute Gasteiger partial charge is 0.350 e. The maximum absolute atomic E-state index is 12.6. The van der Waals surface area contributed by atoms with Gasteiger partial charge in [-0.1, -0.05) is 5.16 Å². The van der Waals surface area contributed by atoms with Crippen LogP contribution in [-0.2, 0) is 25.8 Å². The molecular weight excluding hydrogens is 256 g/mol. The molecule has 20 heavy (non-hydrogen) atoms. The van der Waals surface area contributed by atoms with Gasteiger partial charge in [0.05, 0.1) is 30.0 Å². The summed E-state index contributed by atoms with van der Waals surface area (Å²) in [5.74, 6) is 0.406. The number of imidazole rings is 1. The van der Waals surface area contributed by atoms with Crippen LogP contribution in [0.1, 0.15) is 46.0 Å². The van der Waals surface area contributed by atoms with Crippen molar-refractivity contribution in [3.63, 3.8) is 0 Å². The predicted molar refractivity (Wildman–Crippen MR) is 70.2 cm³/mol. The Kier molecular flexibility index (Phi) is 2.61. The quantitative estimate of drug-likeness (QED) is 0.853. The Morgan fingerprint density at radius 3 is 3.10 bits per heavy atom. The Bertz CT molecular complexity index is 658. The lowest BCUT2D eigenvalue weighted by atomic mass is 9.95. The van der Waals surface area contributed by atoms with E-state index in [1.807, 2.05) is 4.90 Å². The van der Waals surface area contributed by atoms with Crippen LogP contribution in [0.2, 0.25) is 0 Å². The van der Waals surface area contributed by atoms with Crippen molar-refractivity contribution in [3.8, 4) is 0 Å². The van der Waals surface area contributed by atoms with Gasteiger partial charge >= 0.3 is 0 Å². The third-order valence-electron chi connectivity index (χ3n) is 4.22. The molecule has 104 valence electrons. The number of hydrogen-bond acceptors (Lipinski definition) is 4. The number of carbonyl (C=O) groups excluding carboxylic acids is 1. The van der Waals surface area contributed by atoms with Gasteiger partial charge in [-0.25, -0.2) is 4.98 Å². The Hall–Kier alpha value is -2.11. The number of rotatable bonds is 1. The summed E-state index contributed by atoms with van der Waals surface area (Å²) in [5.41, 5.74) is 4.09. The molecule has 0 spiro atoms. The summed E-state index contributed by atoms with van der Waals surface area (Å²) in [7, 11) is 0. The summed E-state index contributed by atoms with van der Waals surface area (Å²) in [6, 6.07) is 0. The monoisotopic (exact) mass is 272 g/mol. The van der Waals surface area contributed by atoms with Crippen LogP contribution < -0.4 is 0 Å². The number of hydrogen-bond donors (Lipinski definition) is 1. The molecule has 0 saturated carbocycles. The topological polar surface area (TPSA) is 75.0 Å². The van der Waals surface area contributed by atoms with E-state index in [4.69, 9.17) is 4.52 Å². The van der Waals surface area contributed by atoms with E-state index in [-0.39, 0.29) is 5.91 Å². The first kappa shape index (κ1) is 11.7. The van der Waals surface area contributed by atoms with Gasteiger partial charge in [-0.2, -0.15) is 0 Å². The number of H-pyrrole nitrogens is 1. The standard InChI is InChI=1S/C14H16N4O2/c19-14(13-9-3-1-2-4-10(9)17-20-13)18-6-5-11-12(7-18)16-8-15-11/h8H,1-7H2,(H,15,16). The predicted octanol–water partition coefficient (Wildman–Crippen LogP) is 1.48. The zero-order valence-electron chi connectivity index (χ0n) is 11.2. The summed E-state index contributed by atoms with van der Waals surface area (Å²) in [6.45, 7) is 1.26. The second-order valence-corrected chi connectivity index (χ2v) is 5.45. The van der Waals surface area contributed by atoms with E-state index in [1.54, 1.807) is 6.33 Å². The molecule has 1 aliphatic heterocycles. The van der Waals surface area contributed by atoms with E-state index in [0.717, 1.165) is 54.7 Å². The van der Waals surface area contributed by atoms with Gasteiger partial charge in [-0.05, 0) is 25.7 Å². The third kappa shape index (κ3) is 1.75. The SMILES string of the molecule is O=C(c1onc2c1CCCC2)N1CCc2nc[nH]c2C1. The molecule has 0 unspecified atom stereocenters. The molecule has 6 nitrogen and oxygen atoms in total. The highest BCUT2D eigenvalue weighted by molar-refractivity contribution is 5.93. The van der Waals surface area contributed by atoms with E-state index in [0.29, 0.717) is 18.8 Å². The first-order valence-electron chi connectivity index (χ1n) is 7.11. The molecule has 6 heteroatoms. The van der Waals surface area contributed by atoms with E-state index in [1.165, 1.54) is 0 Å². The first-order valence-corrected chi connectivity index (χ1v) is 7.11. The third-order valence-corrected chi connectivity index (χ3v) is 4.22. The van der Waals surface area contributed by atoms with Crippen LogP contribution in [0.15, 0.2) is 10.9 Å². The van der Waals surface area contributed by atoms with Crippen molar-refractivity contribution in [2.75, 3.05) is 6.54 Å². The zero-order chi connectivity index (χ0) is 13.5. The van der Waals surface area contributed by atoms with Crippen LogP contribution in [0, 0.1) is 0 Å². The molecule has 1 N–H and O–H groups in total. The highest BCUT2D eigenvalue weighted by Gasteiger charge is 2.30. The summed E-state index contributed by atoms with van der Waals surface area (Å²) in [4.78, 5) is 21.8. The average Bonchev–Trinajstić information content (AvgIpc) is 3.12. The second kappa shape index (κ2) is 4.47. The number of carbonyl (C=O) groups is 1. The van der Waals surface area contributed by atoms with Gasteiger partial charge in [0.2, 0.25) is 5.76 Å². The van der Waals surface area contributed by atoms with Gasteiger partial charge in [0, 0.05) is 18.5 Å². The fraction of sp³-hybridized carbons (Fsp3) is 0.500. The number of aromatic nitrogens is 3. The lowest BCUT2D eigenvalue weighted by Crippen LogP contribution is -2.36. The summed E-state index contributed by atoms with van der Waals surface area (Å²) < 4.78 is 5.33. The molecule has 2 aromatic rings. The van der Waals surface area contributed by atoms with Crippen LogP contribution in [0.4, 0.5) is 0 Å². The fourth-order valence-corrected chi connectivity index (χ4v) is 3.09. The van der Waals surface area contributed by atoms with Crippen LogP contribution in [0.3, 0.4) is 0 Å². The van der Waals surface area contributed by atoms with Crippen molar-refractivity contribution >= 4 is 5.91 Å². The van der Waals surface area contributed by atoms with Crippen molar-refractivity contribution in [2.45, 2.75) is 38.6 Å². The van der Waals surface area contributed by atoms with Crippen LogP contribution in [-0.4, -0.2) is 32.5 Å². The average molecular weight is 272 g/mol. The minimum atomic E-state index is -0.0408. The molecule has 2 aliphatic rings. The van der Waals surface area contributed by atoms with Gasteiger partial charge < -0.3 is 14.4 Å². The Balaban J connectivity index is 1.61. The van der Waals surface area contributed by atoms with E-state index in [2.05, 4.69) is 15.1 Å². The number of nitrogens with one attached hydrogen (secondary N) is 1. The molecule has 0 fully saturated rings. The van der Waals surface area contributed by atoms with E-state index in [9.17, 15) is 4.79 Å². The highest BCUT2D eigenvalue weighted by Crippen LogP contribution is 2.26. The van der Waals surface area contributed by atoms with Gasteiger partial charge in [0.1, 0.15) is 0 Å². The van der Waals surface area contributed by atoms with Gasteiger partial charge in [0.15, 0.2) is 0 Å². The lowest BCUT2D eigenvalue weighted by molar-refractivity contribution is 0.0688. The van der Waals surface area contributed by atoms with Gasteiger partial charge in [0.25, 0.3) is 5.91 Å². The zero-order valence-corrected chi connectivity index (χ0v) is 11.2. The van der Waals surface area contributed by atoms with E-state index < -0.39 is 0 Å². The number of fused-ring (bicyclic) bond motifs is 2. The van der Waals surface area contributed by atoms with Crippen molar-refractivity contribution in [2.24, 2.45) is 0 Å². The molecule has 2 aromatic heterocycles. The molecular formula is C14H16N4O2. The van der Waals surface area contributed by atoms with Gasteiger partial charge in [-0.15, -0.1) is 0 Å². The maximum Gasteiger partial charge on any atom is 0.293 e. The Morgan fingerprint density at radius 2 is 2.15 bits per heavy atom. The van der Waals surface area contributed by atoms with Gasteiger partial charge in [-0.3, -0.25) is 4.79 Å². The number of aryl methyl sites for hydroxylation is 1. The molecule has 0 saturated heterocycles. The summed E-state index contributed by atoms with van der Waals surface area (Å²) in [5, 5.41) is 4.06. The fourth-order valence-electron chi connectivity index (χ4n) is 3.09. The minimum absolute atomic E-state index is 0.0408. The minimum Gasteiger partial charge on any atom is -0.350 e. The van der Waals surface area contributed by atoms with Crippen LogP contribution in [0.5, 0.6) is 0 Å². The van der Waals surface area contributed by atoms with Crippen molar-refractivity contribution in [1.29, 1.82) is 0 Å². The molecule has 4 rings (SSSR count). The smallest absolute Gasteiger partial charge is 0.293 e. The van der Waals surface area contributed by atoms with Crippen LogP contribution >= 0.6 is 0 Å². The molecule has 3 heterocycles. The summed E-state index contributed by atoms with van der Waals surface area (Å²) >= 11 is 0. The Morgan fingerprint density at radius 1 is 1.25 bits per heavy atom. The van der Waals surface area contributed by atoms with E-state index >= 15 is 0 Å². The van der Waals surface area contributed by atoms with Crippen molar-refractivity contribution in [1.82, 2.24) is 20.0 Å². The molecule has 0 bridgehead atoms. The van der Waals surface area contributed by atoms with Crippen molar-refractivity contribution < 1.29 is 9.32 Å². The molecule has 0 atom stereocenters. The van der Waals surface area contributed by atoms with Crippen LogP contribution in [0.25, 0.3) is 0 Å². The second-order valence-electron chi connectivity index (χ2n) is 5.45. The van der Waals surface area contributed by atoms with Crippen molar-refractivity contribution in [3.05, 3.63) is 34.7 Å². The number of nitrogens with zero attached hydrogens (tertiary/aromatic N) is 3. The molecule has 0 radical (unpaired) electrons. The molecule has 0 aromatic carbocycles. The number of aromatic amines is 1. The molecule has 1 aliphatic carbocycles. The number of amides is 1. The highest BCUT2D eigenvalue weighted by atomic mass is 16.5. The summed E-state index contributed by atoms with van der Waals surface area (Å²) in [6.07, 6.45) is 6.56. The maximum atomic E-state index is 12.6. The normalized spacial score (nSPS) is 17.7. The lowest BCUT2D eigenvalue weighted by Gasteiger charge is -2.25. The Labute approximate surface area is 116 Å². The first-order chi connectivity index (χ1) is 9.83. The molecule has 1 amide bonds.